The number of carboxylic acid groups (broad SMARTS) is 1. The van der Waals surface area contributed by atoms with E-state index in [-0.39, 0.29) is 12.5 Å². The number of aliphatic carboxylic acids is 1. The van der Waals surface area contributed by atoms with Crippen LogP contribution in [0.3, 0.4) is 0 Å². The SMILES string of the molecule is Cc1ccccc1-c1ncc(CN2C[C@@H]3C(=O)NC[C@]3(C(=O)O)C2)s1. The molecule has 6 nitrogen and oxygen atoms in total. The van der Waals surface area contributed by atoms with Crippen LogP contribution < -0.4 is 5.32 Å². The first-order valence-corrected chi connectivity index (χ1v) is 9.05. The second-order valence-corrected chi connectivity index (χ2v) is 7.96. The monoisotopic (exact) mass is 357 g/mol. The second kappa shape index (κ2) is 5.93. The van der Waals surface area contributed by atoms with Crippen LogP contribution >= 0.6 is 11.3 Å². The lowest BCUT2D eigenvalue weighted by atomic mass is 9.81. The van der Waals surface area contributed by atoms with Gasteiger partial charge in [0.15, 0.2) is 0 Å². The molecule has 2 atom stereocenters. The highest BCUT2D eigenvalue weighted by Crippen LogP contribution is 2.41. The zero-order valence-corrected chi connectivity index (χ0v) is 14.7. The minimum Gasteiger partial charge on any atom is -0.481 e. The maximum Gasteiger partial charge on any atom is 0.313 e. The fourth-order valence-electron chi connectivity index (χ4n) is 3.84. The van der Waals surface area contributed by atoms with Gasteiger partial charge in [-0.2, -0.15) is 0 Å². The molecule has 0 spiro atoms. The Hall–Kier alpha value is -2.25. The number of carbonyl (C=O) groups excluding carboxylic acids is 1. The van der Waals surface area contributed by atoms with Gasteiger partial charge in [-0.25, -0.2) is 4.98 Å². The van der Waals surface area contributed by atoms with Crippen molar-refractivity contribution in [2.24, 2.45) is 11.3 Å². The largest absolute Gasteiger partial charge is 0.481 e. The topological polar surface area (TPSA) is 82.5 Å². The third kappa shape index (κ3) is 2.63. The Labute approximate surface area is 149 Å². The van der Waals surface area contributed by atoms with Gasteiger partial charge in [0.05, 0.1) is 5.92 Å². The molecule has 0 radical (unpaired) electrons. The smallest absolute Gasteiger partial charge is 0.313 e. The Morgan fingerprint density at radius 1 is 1.48 bits per heavy atom. The van der Waals surface area contributed by atoms with Crippen LogP contribution in [0.1, 0.15) is 10.4 Å². The summed E-state index contributed by atoms with van der Waals surface area (Å²) in [5, 5.41) is 13.3. The Balaban J connectivity index is 1.52. The number of rotatable bonds is 4. The van der Waals surface area contributed by atoms with Crippen LogP contribution in [-0.2, 0) is 16.1 Å². The van der Waals surface area contributed by atoms with Crippen molar-refractivity contribution in [1.29, 1.82) is 0 Å². The van der Waals surface area contributed by atoms with E-state index in [2.05, 4.69) is 34.3 Å². The molecule has 3 heterocycles. The van der Waals surface area contributed by atoms with Crippen LogP contribution in [0.2, 0.25) is 0 Å². The normalized spacial score (nSPS) is 25.8. The van der Waals surface area contributed by atoms with E-state index in [4.69, 9.17) is 0 Å². The van der Waals surface area contributed by atoms with Crippen molar-refractivity contribution in [3.05, 3.63) is 40.9 Å². The van der Waals surface area contributed by atoms with Crippen LogP contribution in [-0.4, -0.2) is 46.5 Å². The van der Waals surface area contributed by atoms with Gasteiger partial charge in [0, 0.05) is 42.8 Å². The van der Waals surface area contributed by atoms with Gasteiger partial charge in [-0.1, -0.05) is 24.3 Å². The molecule has 1 aromatic carbocycles. The number of thiazole rings is 1. The lowest BCUT2D eigenvalue weighted by molar-refractivity contribution is -0.149. The number of hydrogen-bond acceptors (Lipinski definition) is 5. The number of carboxylic acids is 1. The standard InChI is InChI=1S/C18H19N3O3S/c1-11-4-2-3-5-13(11)16-19-6-12(25-16)7-21-8-14-15(22)20-9-18(14,10-21)17(23)24/h2-6,14H,7-10H2,1H3,(H,20,22)(H,23,24)/t14-,18+/m1/s1. The fraction of sp³-hybridized carbons (Fsp3) is 0.389. The number of likely N-dealkylation sites (tertiary alicyclic amines) is 1. The Morgan fingerprint density at radius 3 is 3.00 bits per heavy atom. The van der Waals surface area contributed by atoms with Gasteiger partial charge in [-0.15, -0.1) is 11.3 Å². The summed E-state index contributed by atoms with van der Waals surface area (Å²) in [6.45, 7) is 3.79. The number of fused-ring (bicyclic) bond motifs is 1. The Kier molecular flexibility index (Phi) is 3.85. The summed E-state index contributed by atoms with van der Waals surface area (Å²) >= 11 is 1.62. The van der Waals surface area contributed by atoms with Crippen molar-refractivity contribution in [3.8, 4) is 10.6 Å². The first-order chi connectivity index (χ1) is 12.0. The molecule has 2 N–H and O–H groups in total. The van der Waals surface area contributed by atoms with E-state index in [0.29, 0.717) is 19.6 Å². The van der Waals surface area contributed by atoms with Crippen molar-refractivity contribution >= 4 is 23.2 Å². The molecule has 2 aliphatic rings. The molecular formula is C18H19N3O3S. The lowest BCUT2D eigenvalue weighted by Gasteiger charge is -2.21. The predicted octanol–water partition coefficient (Wildman–Crippen LogP) is 1.75. The van der Waals surface area contributed by atoms with E-state index in [1.54, 1.807) is 11.3 Å². The number of carbonyl (C=O) groups is 2. The molecule has 0 aliphatic carbocycles. The predicted molar refractivity (Wildman–Crippen MR) is 94.1 cm³/mol. The summed E-state index contributed by atoms with van der Waals surface area (Å²) in [5.41, 5.74) is 1.32. The Bertz CT molecular complexity index is 850. The molecule has 7 heteroatoms. The Morgan fingerprint density at radius 2 is 2.28 bits per heavy atom. The number of aryl methyl sites for hydroxylation is 1. The van der Waals surface area contributed by atoms with Crippen LogP contribution in [0.25, 0.3) is 10.6 Å². The molecule has 2 aromatic rings. The highest BCUT2D eigenvalue weighted by atomic mass is 32.1. The van der Waals surface area contributed by atoms with Crippen LogP contribution in [0.4, 0.5) is 0 Å². The minimum atomic E-state index is -0.985. The number of aromatic nitrogens is 1. The van der Waals surface area contributed by atoms with Gasteiger partial charge in [0.25, 0.3) is 0 Å². The molecule has 25 heavy (non-hydrogen) atoms. The fourth-order valence-corrected chi connectivity index (χ4v) is 4.88. The lowest BCUT2D eigenvalue weighted by Crippen LogP contribution is -2.40. The summed E-state index contributed by atoms with van der Waals surface area (Å²) in [6, 6.07) is 8.13. The maximum absolute atomic E-state index is 12.0. The zero-order valence-electron chi connectivity index (χ0n) is 13.9. The number of benzene rings is 1. The van der Waals surface area contributed by atoms with Gasteiger partial charge < -0.3 is 10.4 Å². The van der Waals surface area contributed by atoms with Gasteiger partial charge in [-0.3, -0.25) is 14.5 Å². The first kappa shape index (κ1) is 16.2. The van der Waals surface area contributed by atoms with Gasteiger partial charge >= 0.3 is 5.97 Å². The maximum atomic E-state index is 12.0. The second-order valence-electron chi connectivity index (χ2n) is 6.85. The number of nitrogens with one attached hydrogen (secondary N) is 1. The van der Waals surface area contributed by atoms with Gasteiger partial charge in [0.2, 0.25) is 5.91 Å². The van der Waals surface area contributed by atoms with Crippen LogP contribution in [0, 0.1) is 18.3 Å². The van der Waals surface area contributed by atoms with Crippen molar-refractivity contribution < 1.29 is 14.7 Å². The molecule has 0 unspecified atom stereocenters. The van der Waals surface area contributed by atoms with Crippen molar-refractivity contribution in [1.82, 2.24) is 15.2 Å². The van der Waals surface area contributed by atoms with E-state index >= 15 is 0 Å². The van der Waals surface area contributed by atoms with Crippen LogP contribution in [0.5, 0.6) is 0 Å². The van der Waals surface area contributed by atoms with E-state index in [9.17, 15) is 14.7 Å². The average Bonchev–Trinajstić information content (AvgIpc) is 3.25. The number of hydrogen-bond donors (Lipinski definition) is 2. The van der Waals surface area contributed by atoms with Crippen LogP contribution in [0.15, 0.2) is 30.5 Å². The molecular weight excluding hydrogens is 338 g/mol. The quantitative estimate of drug-likeness (QED) is 0.871. The van der Waals surface area contributed by atoms with E-state index in [1.165, 1.54) is 5.56 Å². The molecule has 0 bridgehead atoms. The average molecular weight is 357 g/mol. The third-order valence-electron chi connectivity index (χ3n) is 5.24. The summed E-state index contributed by atoms with van der Waals surface area (Å²) in [5.74, 6) is -1.49. The molecule has 2 aliphatic heterocycles. The highest BCUT2D eigenvalue weighted by molar-refractivity contribution is 7.15. The van der Waals surface area contributed by atoms with E-state index in [0.717, 1.165) is 15.4 Å². The first-order valence-electron chi connectivity index (χ1n) is 8.24. The summed E-state index contributed by atoms with van der Waals surface area (Å²) < 4.78 is 0. The van der Waals surface area contributed by atoms with E-state index in [1.807, 2.05) is 18.3 Å². The highest BCUT2D eigenvalue weighted by Gasteiger charge is 2.59. The number of amides is 1. The number of nitrogens with zero attached hydrogens (tertiary/aromatic N) is 2. The van der Waals surface area contributed by atoms with Crippen molar-refractivity contribution in [2.45, 2.75) is 13.5 Å². The summed E-state index contributed by atoms with van der Waals surface area (Å²) in [6.07, 6.45) is 1.86. The summed E-state index contributed by atoms with van der Waals surface area (Å²) in [7, 11) is 0. The summed E-state index contributed by atoms with van der Waals surface area (Å²) in [4.78, 5) is 31.4. The zero-order chi connectivity index (χ0) is 17.6. The molecule has 2 saturated heterocycles. The minimum absolute atomic E-state index is 0.144. The van der Waals surface area contributed by atoms with Gasteiger partial charge in [-0.05, 0) is 12.5 Å². The molecule has 0 saturated carbocycles. The molecule has 1 aromatic heterocycles. The molecule has 1 amide bonds. The van der Waals surface area contributed by atoms with Crippen molar-refractivity contribution in [3.63, 3.8) is 0 Å². The van der Waals surface area contributed by atoms with E-state index < -0.39 is 17.3 Å². The molecule has 4 rings (SSSR count). The molecule has 130 valence electrons. The third-order valence-corrected chi connectivity index (χ3v) is 6.26. The van der Waals surface area contributed by atoms with Crippen molar-refractivity contribution in [2.75, 3.05) is 19.6 Å². The molecule has 2 fully saturated rings. The van der Waals surface area contributed by atoms with Gasteiger partial charge in [0.1, 0.15) is 10.4 Å².